The highest BCUT2D eigenvalue weighted by Crippen LogP contribution is 2.36. The summed E-state index contributed by atoms with van der Waals surface area (Å²) in [5.41, 5.74) is 7.45. The van der Waals surface area contributed by atoms with Gasteiger partial charge >= 0.3 is 5.97 Å². The van der Waals surface area contributed by atoms with E-state index in [1.807, 2.05) is 12.1 Å². The van der Waals surface area contributed by atoms with Crippen molar-refractivity contribution in [3.63, 3.8) is 0 Å². The number of rotatable bonds is 5. The quantitative estimate of drug-likeness (QED) is 0.828. The number of benzene rings is 1. The smallest absolute Gasteiger partial charge is 0.323 e. The van der Waals surface area contributed by atoms with Gasteiger partial charge < -0.3 is 20.1 Å². The van der Waals surface area contributed by atoms with Crippen molar-refractivity contribution in [1.82, 2.24) is 0 Å². The third-order valence-electron chi connectivity index (χ3n) is 3.52. The van der Waals surface area contributed by atoms with Gasteiger partial charge in [0.25, 0.3) is 0 Å². The fraction of sp³-hybridized carbons (Fsp3) is 0.533. The maximum absolute atomic E-state index is 11.6. The Morgan fingerprint density at radius 1 is 1.36 bits per heavy atom. The molecule has 2 N–H and O–H groups in total. The van der Waals surface area contributed by atoms with Crippen molar-refractivity contribution in [2.24, 2.45) is 5.73 Å². The summed E-state index contributed by atoms with van der Waals surface area (Å²) in [6.07, 6.45) is 0.292. The minimum atomic E-state index is -0.747. The molecule has 0 saturated carbocycles. The first-order valence-corrected chi connectivity index (χ1v) is 8.02. The predicted octanol–water partition coefficient (Wildman–Crippen LogP) is 2.26. The highest BCUT2D eigenvalue weighted by Gasteiger charge is 2.21. The van der Waals surface area contributed by atoms with Crippen molar-refractivity contribution in [2.45, 2.75) is 19.4 Å². The molecular weight excluding hydrogens is 327 g/mol. The number of morpholine rings is 1. The molecule has 1 saturated heterocycles. The molecule has 1 atom stereocenters. The summed E-state index contributed by atoms with van der Waals surface area (Å²) in [7, 11) is 0. The molecule has 2 rings (SSSR count). The Labute approximate surface area is 140 Å². The molecule has 1 aromatic rings. The highest BCUT2D eigenvalue weighted by molar-refractivity contribution is 6.44. The summed E-state index contributed by atoms with van der Waals surface area (Å²) >= 11 is 12.7. The normalized spacial score (nSPS) is 16.5. The van der Waals surface area contributed by atoms with Crippen molar-refractivity contribution in [1.29, 1.82) is 0 Å². The van der Waals surface area contributed by atoms with Gasteiger partial charge in [-0.2, -0.15) is 0 Å². The standard InChI is InChI=1S/C15H20Cl2N2O3/c1-2-22-15(20)11(18)9-10-3-4-12(14(17)13(10)16)19-5-7-21-8-6-19/h3-4,11H,2,5-9,18H2,1H3. The van der Waals surface area contributed by atoms with Crippen LogP contribution in [0.15, 0.2) is 12.1 Å². The van der Waals surface area contributed by atoms with Crippen LogP contribution in [0, 0.1) is 0 Å². The first kappa shape index (κ1) is 17.3. The molecule has 1 heterocycles. The van der Waals surface area contributed by atoms with E-state index in [1.54, 1.807) is 6.92 Å². The molecule has 0 aromatic heterocycles. The number of ether oxygens (including phenoxy) is 2. The molecule has 0 amide bonds. The summed E-state index contributed by atoms with van der Waals surface area (Å²) in [6.45, 7) is 4.94. The number of carbonyl (C=O) groups is 1. The maximum atomic E-state index is 11.6. The molecule has 1 aliphatic rings. The Balaban J connectivity index is 2.14. The molecule has 1 fully saturated rings. The summed E-state index contributed by atoms with van der Waals surface area (Å²) in [5.74, 6) is -0.438. The summed E-state index contributed by atoms with van der Waals surface area (Å²) in [5, 5.41) is 0.919. The molecule has 0 aliphatic carbocycles. The van der Waals surface area contributed by atoms with Gasteiger partial charge in [0, 0.05) is 13.1 Å². The molecule has 0 bridgehead atoms. The van der Waals surface area contributed by atoms with E-state index < -0.39 is 12.0 Å². The van der Waals surface area contributed by atoms with E-state index in [0.717, 1.165) is 24.3 Å². The van der Waals surface area contributed by atoms with Crippen molar-refractivity contribution in [2.75, 3.05) is 37.8 Å². The van der Waals surface area contributed by atoms with Crippen LogP contribution in [0.4, 0.5) is 5.69 Å². The number of nitrogens with two attached hydrogens (primary N) is 1. The lowest BCUT2D eigenvalue weighted by atomic mass is 10.1. The van der Waals surface area contributed by atoms with Gasteiger partial charge in [0.15, 0.2) is 0 Å². The number of nitrogens with zero attached hydrogens (tertiary/aromatic N) is 1. The SMILES string of the molecule is CCOC(=O)C(N)Cc1ccc(N2CCOCC2)c(Cl)c1Cl. The Morgan fingerprint density at radius 3 is 2.68 bits per heavy atom. The molecule has 0 radical (unpaired) electrons. The zero-order chi connectivity index (χ0) is 16.1. The molecule has 1 aromatic carbocycles. The first-order valence-electron chi connectivity index (χ1n) is 7.26. The zero-order valence-electron chi connectivity index (χ0n) is 12.5. The van der Waals surface area contributed by atoms with Crippen LogP contribution in [0.3, 0.4) is 0 Å². The molecule has 0 spiro atoms. The minimum Gasteiger partial charge on any atom is -0.465 e. The van der Waals surface area contributed by atoms with E-state index in [4.69, 9.17) is 38.4 Å². The van der Waals surface area contributed by atoms with Crippen molar-refractivity contribution in [3.8, 4) is 0 Å². The van der Waals surface area contributed by atoms with Gasteiger partial charge in [-0.15, -0.1) is 0 Å². The van der Waals surface area contributed by atoms with Crippen molar-refractivity contribution < 1.29 is 14.3 Å². The third-order valence-corrected chi connectivity index (χ3v) is 4.43. The lowest BCUT2D eigenvalue weighted by Gasteiger charge is -2.30. The van der Waals surface area contributed by atoms with Gasteiger partial charge in [0.2, 0.25) is 0 Å². The molecule has 5 nitrogen and oxygen atoms in total. The number of anilines is 1. The van der Waals surface area contributed by atoms with Crippen LogP contribution < -0.4 is 10.6 Å². The molecule has 122 valence electrons. The van der Waals surface area contributed by atoms with Gasteiger partial charge in [0.1, 0.15) is 6.04 Å². The predicted molar refractivity (Wildman–Crippen MR) is 87.8 cm³/mol. The second-order valence-corrected chi connectivity index (χ2v) is 5.79. The Hall–Kier alpha value is -1.01. The molecule has 7 heteroatoms. The Morgan fingerprint density at radius 2 is 2.05 bits per heavy atom. The lowest BCUT2D eigenvalue weighted by Crippen LogP contribution is -2.36. The molecule has 1 aliphatic heterocycles. The van der Waals surface area contributed by atoms with Crippen molar-refractivity contribution in [3.05, 3.63) is 27.7 Å². The van der Waals surface area contributed by atoms with Gasteiger partial charge in [-0.3, -0.25) is 4.79 Å². The summed E-state index contributed by atoms with van der Waals surface area (Å²) < 4.78 is 10.2. The maximum Gasteiger partial charge on any atom is 0.323 e. The number of hydrogen-bond acceptors (Lipinski definition) is 5. The molecule has 22 heavy (non-hydrogen) atoms. The Kier molecular flexibility index (Phi) is 6.32. The van der Waals surface area contributed by atoms with E-state index in [9.17, 15) is 4.79 Å². The fourth-order valence-electron chi connectivity index (χ4n) is 2.35. The molecule has 1 unspecified atom stereocenters. The Bertz CT molecular complexity index is 534. The first-order chi connectivity index (χ1) is 10.5. The minimum absolute atomic E-state index is 0.292. The summed E-state index contributed by atoms with van der Waals surface area (Å²) in [4.78, 5) is 13.7. The molecular formula is C15H20Cl2N2O3. The second-order valence-electron chi connectivity index (χ2n) is 5.03. The number of hydrogen-bond donors (Lipinski definition) is 1. The van der Waals surface area contributed by atoms with E-state index in [-0.39, 0.29) is 0 Å². The van der Waals surface area contributed by atoms with E-state index >= 15 is 0 Å². The van der Waals surface area contributed by atoms with E-state index in [2.05, 4.69) is 4.90 Å². The van der Waals surface area contributed by atoms with E-state index in [0.29, 0.717) is 36.3 Å². The van der Waals surface area contributed by atoms with Gasteiger partial charge in [-0.05, 0) is 25.0 Å². The number of halogens is 2. The second kappa shape index (κ2) is 8.02. The van der Waals surface area contributed by atoms with Crippen LogP contribution in [0.1, 0.15) is 12.5 Å². The third kappa shape index (κ3) is 4.04. The van der Waals surface area contributed by atoms with Gasteiger partial charge in [0.05, 0.1) is 35.6 Å². The number of carbonyl (C=O) groups excluding carboxylic acids is 1. The van der Waals surface area contributed by atoms with Crippen LogP contribution >= 0.6 is 23.2 Å². The lowest BCUT2D eigenvalue weighted by molar-refractivity contribution is -0.144. The van der Waals surface area contributed by atoms with Crippen LogP contribution in [0.25, 0.3) is 0 Å². The fourth-order valence-corrected chi connectivity index (χ4v) is 2.90. The highest BCUT2D eigenvalue weighted by atomic mass is 35.5. The van der Waals surface area contributed by atoms with E-state index in [1.165, 1.54) is 0 Å². The van der Waals surface area contributed by atoms with Crippen LogP contribution in [0.2, 0.25) is 10.0 Å². The zero-order valence-corrected chi connectivity index (χ0v) is 14.0. The number of esters is 1. The average molecular weight is 347 g/mol. The summed E-state index contributed by atoms with van der Waals surface area (Å²) in [6, 6.07) is 3.02. The van der Waals surface area contributed by atoms with Crippen LogP contribution in [0.5, 0.6) is 0 Å². The van der Waals surface area contributed by atoms with Crippen LogP contribution in [-0.2, 0) is 20.7 Å². The van der Waals surface area contributed by atoms with Gasteiger partial charge in [-0.25, -0.2) is 0 Å². The topological polar surface area (TPSA) is 64.8 Å². The largest absolute Gasteiger partial charge is 0.465 e. The van der Waals surface area contributed by atoms with Crippen LogP contribution in [-0.4, -0.2) is 44.9 Å². The average Bonchev–Trinajstić information content (AvgIpc) is 2.53. The van der Waals surface area contributed by atoms with Gasteiger partial charge in [-0.1, -0.05) is 29.3 Å². The van der Waals surface area contributed by atoms with Crippen molar-refractivity contribution >= 4 is 34.9 Å². The monoisotopic (exact) mass is 346 g/mol.